The zero-order chi connectivity index (χ0) is 14.6. The lowest BCUT2D eigenvalue weighted by atomic mass is 9.89. The first-order valence-corrected chi connectivity index (χ1v) is 7.34. The van der Waals surface area contributed by atoms with Crippen molar-refractivity contribution in [2.75, 3.05) is 19.8 Å². The van der Waals surface area contributed by atoms with Gasteiger partial charge in [0.05, 0.1) is 5.54 Å². The number of nitrogens with two attached hydrogens (primary N) is 1. The van der Waals surface area contributed by atoms with Crippen molar-refractivity contribution in [1.82, 2.24) is 4.90 Å². The number of halogens is 2. The highest BCUT2D eigenvalue weighted by Crippen LogP contribution is 2.23. The summed E-state index contributed by atoms with van der Waals surface area (Å²) in [5, 5.41) is 0.678. The van der Waals surface area contributed by atoms with Crippen molar-refractivity contribution in [2.24, 2.45) is 5.73 Å². The molecule has 2 rings (SSSR count). The van der Waals surface area contributed by atoms with Crippen LogP contribution in [-0.2, 0) is 16.1 Å². The molecule has 0 aliphatic carbocycles. The van der Waals surface area contributed by atoms with Gasteiger partial charge in [-0.3, -0.25) is 4.79 Å². The lowest BCUT2D eigenvalue weighted by Gasteiger charge is -2.36. The molecule has 1 aliphatic rings. The second-order valence-corrected chi connectivity index (χ2v) is 5.59. The number of rotatable bonds is 4. The molecule has 0 aromatic heterocycles. The van der Waals surface area contributed by atoms with Gasteiger partial charge in [0.25, 0.3) is 0 Å². The Morgan fingerprint density at radius 2 is 2.00 bits per heavy atom. The summed E-state index contributed by atoms with van der Waals surface area (Å²) in [6.07, 6.45) is 1.15. The van der Waals surface area contributed by atoms with Crippen LogP contribution in [0, 0.1) is 0 Å². The molecule has 4 nitrogen and oxygen atoms in total. The molecule has 118 valence electrons. The van der Waals surface area contributed by atoms with Crippen molar-refractivity contribution in [3.63, 3.8) is 0 Å². The van der Waals surface area contributed by atoms with E-state index in [2.05, 4.69) is 0 Å². The summed E-state index contributed by atoms with van der Waals surface area (Å²) in [6.45, 7) is 4.16. The highest BCUT2D eigenvalue weighted by Gasteiger charge is 2.38. The van der Waals surface area contributed by atoms with Crippen LogP contribution in [0.1, 0.15) is 25.3 Å². The molecule has 1 aliphatic heterocycles. The van der Waals surface area contributed by atoms with Gasteiger partial charge in [0.1, 0.15) is 0 Å². The van der Waals surface area contributed by atoms with Gasteiger partial charge < -0.3 is 15.4 Å². The maximum absolute atomic E-state index is 12.7. The molecule has 1 aromatic rings. The summed E-state index contributed by atoms with van der Waals surface area (Å²) < 4.78 is 5.29. The largest absolute Gasteiger partial charge is 0.381 e. The molecule has 1 fully saturated rings. The average molecular weight is 333 g/mol. The predicted octanol–water partition coefficient (Wildman–Crippen LogP) is 2.62. The van der Waals surface area contributed by atoms with Crippen LogP contribution < -0.4 is 5.73 Å². The Bertz CT molecular complexity index is 476. The number of hydrogen-bond acceptors (Lipinski definition) is 3. The van der Waals surface area contributed by atoms with E-state index in [0.717, 1.165) is 5.56 Å². The van der Waals surface area contributed by atoms with Gasteiger partial charge in [-0.05, 0) is 31.4 Å². The number of carbonyl (C=O) groups is 1. The number of likely N-dealkylation sites (N-methyl/N-ethyl adjacent to an activating group) is 1. The Morgan fingerprint density at radius 3 is 2.57 bits per heavy atom. The second kappa shape index (κ2) is 7.99. The van der Waals surface area contributed by atoms with Gasteiger partial charge in [0.15, 0.2) is 0 Å². The molecule has 1 amide bonds. The van der Waals surface area contributed by atoms with Crippen LogP contribution in [0.5, 0.6) is 0 Å². The number of nitrogens with zero attached hydrogens (tertiary/aromatic N) is 1. The summed E-state index contributed by atoms with van der Waals surface area (Å²) >= 11 is 6.16. The molecule has 0 unspecified atom stereocenters. The Balaban J connectivity index is 0.00000220. The van der Waals surface area contributed by atoms with Crippen molar-refractivity contribution < 1.29 is 9.53 Å². The standard InChI is InChI=1S/C15H21ClN2O2.ClH/c1-2-18(11-12-5-3-4-6-13(12)16)14(19)15(17)7-9-20-10-8-15;/h3-6H,2,7-11,17H2,1H3;1H. The van der Waals surface area contributed by atoms with Crippen LogP contribution >= 0.6 is 24.0 Å². The Hall–Kier alpha value is -0.810. The van der Waals surface area contributed by atoms with Gasteiger partial charge in [0.2, 0.25) is 5.91 Å². The number of amides is 1. The number of benzene rings is 1. The van der Waals surface area contributed by atoms with Gasteiger partial charge in [-0.1, -0.05) is 29.8 Å². The third-order valence-corrected chi connectivity index (χ3v) is 4.17. The van der Waals surface area contributed by atoms with Crippen LogP contribution in [0.15, 0.2) is 24.3 Å². The molecule has 1 aromatic carbocycles. The van der Waals surface area contributed by atoms with E-state index in [0.29, 0.717) is 44.2 Å². The van der Waals surface area contributed by atoms with E-state index in [-0.39, 0.29) is 18.3 Å². The van der Waals surface area contributed by atoms with Gasteiger partial charge in [-0.25, -0.2) is 0 Å². The topological polar surface area (TPSA) is 55.6 Å². The maximum atomic E-state index is 12.7. The highest BCUT2D eigenvalue weighted by molar-refractivity contribution is 6.31. The molecule has 0 radical (unpaired) electrons. The first kappa shape index (κ1) is 18.2. The highest BCUT2D eigenvalue weighted by atomic mass is 35.5. The molecule has 0 spiro atoms. The smallest absolute Gasteiger partial charge is 0.243 e. The monoisotopic (exact) mass is 332 g/mol. The normalized spacial score (nSPS) is 16.9. The lowest BCUT2D eigenvalue weighted by Crippen LogP contribution is -2.57. The lowest BCUT2D eigenvalue weighted by molar-refractivity contribution is -0.141. The van der Waals surface area contributed by atoms with Gasteiger partial charge in [0, 0.05) is 31.3 Å². The fourth-order valence-electron chi connectivity index (χ4n) is 2.42. The zero-order valence-electron chi connectivity index (χ0n) is 12.2. The second-order valence-electron chi connectivity index (χ2n) is 5.18. The molecule has 0 bridgehead atoms. The predicted molar refractivity (Wildman–Crippen MR) is 86.8 cm³/mol. The number of hydrogen-bond donors (Lipinski definition) is 1. The van der Waals surface area contributed by atoms with Crippen molar-refractivity contribution >= 4 is 29.9 Å². The minimum absolute atomic E-state index is 0. The summed E-state index contributed by atoms with van der Waals surface area (Å²) in [7, 11) is 0. The van der Waals surface area contributed by atoms with Crippen LogP contribution in [0.25, 0.3) is 0 Å². The molecule has 6 heteroatoms. The molecular formula is C15H22Cl2N2O2. The zero-order valence-corrected chi connectivity index (χ0v) is 13.8. The van der Waals surface area contributed by atoms with Gasteiger partial charge >= 0.3 is 0 Å². The van der Waals surface area contributed by atoms with Crippen molar-refractivity contribution in [3.05, 3.63) is 34.9 Å². The Morgan fingerprint density at radius 1 is 1.38 bits per heavy atom. The summed E-state index contributed by atoms with van der Waals surface area (Å²) in [5.41, 5.74) is 6.41. The van der Waals surface area contributed by atoms with E-state index in [9.17, 15) is 4.79 Å². The summed E-state index contributed by atoms with van der Waals surface area (Å²) in [5.74, 6) is -0.0109. The van der Waals surface area contributed by atoms with E-state index >= 15 is 0 Å². The van der Waals surface area contributed by atoms with Crippen LogP contribution in [0.3, 0.4) is 0 Å². The minimum Gasteiger partial charge on any atom is -0.381 e. The van der Waals surface area contributed by atoms with Crippen molar-refractivity contribution in [3.8, 4) is 0 Å². The maximum Gasteiger partial charge on any atom is 0.243 e. The molecule has 1 saturated heterocycles. The third kappa shape index (κ3) is 4.33. The summed E-state index contributed by atoms with van der Waals surface area (Å²) in [6, 6.07) is 7.58. The first-order valence-electron chi connectivity index (χ1n) is 6.96. The van der Waals surface area contributed by atoms with E-state index in [1.807, 2.05) is 31.2 Å². The van der Waals surface area contributed by atoms with Crippen LogP contribution in [0.2, 0.25) is 5.02 Å². The Kier molecular flexibility index (Phi) is 6.94. The minimum atomic E-state index is -0.796. The van der Waals surface area contributed by atoms with Gasteiger partial charge in [-0.15, -0.1) is 12.4 Å². The quantitative estimate of drug-likeness (QED) is 0.922. The molecule has 1 heterocycles. The molecular weight excluding hydrogens is 311 g/mol. The molecule has 0 saturated carbocycles. The van der Waals surface area contributed by atoms with E-state index in [1.165, 1.54) is 0 Å². The first-order chi connectivity index (χ1) is 9.57. The number of carbonyl (C=O) groups excluding carboxylic acids is 1. The van der Waals surface area contributed by atoms with Crippen molar-refractivity contribution in [2.45, 2.75) is 31.8 Å². The van der Waals surface area contributed by atoms with E-state index in [1.54, 1.807) is 4.90 Å². The molecule has 21 heavy (non-hydrogen) atoms. The molecule has 2 N–H and O–H groups in total. The van der Waals surface area contributed by atoms with Gasteiger partial charge in [-0.2, -0.15) is 0 Å². The van der Waals surface area contributed by atoms with Crippen molar-refractivity contribution in [1.29, 1.82) is 0 Å². The van der Waals surface area contributed by atoms with E-state index < -0.39 is 5.54 Å². The summed E-state index contributed by atoms with van der Waals surface area (Å²) in [4.78, 5) is 14.4. The number of ether oxygens (including phenoxy) is 1. The fourth-order valence-corrected chi connectivity index (χ4v) is 2.62. The van der Waals surface area contributed by atoms with E-state index in [4.69, 9.17) is 22.1 Å². The van der Waals surface area contributed by atoms with Crippen LogP contribution in [-0.4, -0.2) is 36.1 Å². The third-order valence-electron chi connectivity index (χ3n) is 3.80. The fraction of sp³-hybridized carbons (Fsp3) is 0.533. The average Bonchev–Trinajstić information content (AvgIpc) is 2.46. The van der Waals surface area contributed by atoms with Crippen LogP contribution in [0.4, 0.5) is 0 Å². The Labute approximate surface area is 137 Å². The molecule has 0 atom stereocenters. The SMILES string of the molecule is CCN(Cc1ccccc1Cl)C(=O)C1(N)CCOCC1.Cl.